The highest BCUT2D eigenvalue weighted by Crippen LogP contribution is 2.39. The molecule has 2 unspecified atom stereocenters. The van der Waals surface area contributed by atoms with E-state index in [0.717, 1.165) is 12.8 Å². The highest BCUT2D eigenvalue weighted by Gasteiger charge is 2.42. The smallest absolute Gasteiger partial charge is 0.297 e. The summed E-state index contributed by atoms with van der Waals surface area (Å²) < 4.78 is 12.6. The lowest BCUT2D eigenvalue weighted by Gasteiger charge is -2.44. The molecule has 0 aromatic rings. The summed E-state index contributed by atoms with van der Waals surface area (Å²) >= 11 is 0. The molecular weight excluding hydrogens is 679 g/mol. The lowest BCUT2D eigenvalue weighted by atomic mass is 9.75. The molecular formula is C50H43NO4. The van der Waals surface area contributed by atoms with Crippen LogP contribution in [0.15, 0.2) is 50.6 Å². The molecule has 55 heavy (non-hydrogen) atoms. The maximum absolute atomic E-state index is 12.8. The first-order valence-electron chi connectivity index (χ1n) is 17.3. The minimum absolute atomic E-state index is 0.00541. The van der Waals surface area contributed by atoms with Crippen molar-refractivity contribution in [2.24, 2.45) is 23.2 Å². The summed E-state index contributed by atoms with van der Waals surface area (Å²) in [6.45, 7) is 23.9. The Kier molecular flexibility index (Phi) is 23.9. The van der Waals surface area contributed by atoms with Gasteiger partial charge in [-0.05, 0) is 132 Å². The molecule has 5 heteroatoms. The van der Waals surface area contributed by atoms with Crippen LogP contribution in [0.25, 0.3) is 0 Å². The normalized spacial score (nSPS) is 17.7. The monoisotopic (exact) mass is 721 g/mol. The Morgan fingerprint density at radius 3 is 1.55 bits per heavy atom. The van der Waals surface area contributed by atoms with Crippen molar-refractivity contribution in [3.05, 3.63) is 50.6 Å². The Labute approximate surface area is 330 Å². The summed E-state index contributed by atoms with van der Waals surface area (Å²) in [4.78, 5) is 12.8. The van der Waals surface area contributed by atoms with Crippen LogP contribution >= 0.6 is 0 Å². The molecule has 1 saturated heterocycles. The van der Waals surface area contributed by atoms with E-state index in [2.05, 4.69) is 194 Å². The third kappa shape index (κ3) is 21.2. The van der Waals surface area contributed by atoms with E-state index in [1.807, 2.05) is 12.2 Å². The van der Waals surface area contributed by atoms with Crippen LogP contribution in [-0.2, 0) is 14.3 Å². The third-order valence-electron chi connectivity index (χ3n) is 7.42. The zero-order chi connectivity index (χ0) is 40.6. The highest BCUT2D eigenvalue weighted by atomic mass is 16.7. The first-order valence-corrected chi connectivity index (χ1v) is 17.3. The van der Waals surface area contributed by atoms with Crippen LogP contribution in [-0.4, -0.2) is 42.2 Å². The number of ether oxygens (including phenoxy) is 2. The van der Waals surface area contributed by atoms with E-state index < -0.39 is 24.3 Å². The average molecular weight is 722 g/mol. The summed E-state index contributed by atoms with van der Waals surface area (Å²) in [5.41, 5.74) is 0.103. The average Bonchev–Trinajstić information content (AvgIpc) is 3.15. The Morgan fingerprint density at radius 2 is 1.15 bits per heavy atom. The molecule has 0 aromatic carbocycles. The van der Waals surface area contributed by atoms with Crippen LogP contribution < -0.4 is 5.32 Å². The number of nitrogens with one attached hydrogen (secondary N) is 1. The molecule has 7 atom stereocenters. The molecule has 5 nitrogen and oxygen atoms in total. The number of hydrogen-bond acceptors (Lipinski definition) is 4. The van der Waals surface area contributed by atoms with E-state index in [9.17, 15) is 9.90 Å². The Hall–Kier alpha value is -6.97. The molecule has 0 aliphatic carbocycles. The third-order valence-corrected chi connectivity index (χ3v) is 7.42. The van der Waals surface area contributed by atoms with Gasteiger partial charge in [0.25, 0.3) is 5.91 Å². The number of amides is 1. The lowest BCUT2D eigenvalue weighted by Crippen LogP contribution is -2.50. The first kappa shape index (κ1) is 46.1. The van der Waals surface area contributed by atoms with Gasteiger partial charge in [0.2, 0.25) is 0 Å². The van der Waals surface area contributed by atoms with Gasteiger partial charge in [-0.25, -0.2) is 0 Å². The molecule has 1 fully saturated rings. The van der Waals surface area contributed by atoms with E-state index in [0.29, 0.717) is 12.8 Å². The van der Waals surface area contributed by atoms with Crippen LogP contribution in [0.3, 0.4) is 0 Å². The molecule has 0 radical (unpaired) electrons. The van der Waals surface area contributed by atoms with Gasteiger partial charge in [-0.3, -0.25) is 4.79 Å². The maximum atomic E-state index is 12.8. The topological polar surface area (TPSA) is 67.8 Å². The SMILES string of the molecule is C=CCC1O[C@@H](OC[C@H](NC(=O)C#CC#CC#CC#CC#CC#CC#CC#CC#CC#CC#CC#CC)[C@H](O)CCCC(C)(C)C)[C@H](C=C)C(C=C)[C@H]1C=C. The Bertz CT molecular complexity index is 2200. The van der Waals surface area contributed by atoms with Crippen molar-refractivity contribution in [2.75, 3.05) is 6.61 Å². The second-order valence-corrected chi connectivity index (χ2v) is 12.6. The van der Waals surface area contributed by atoms with Crippen molar-refractivity contribution in [1.82, 2.24) is 5.32 Å². The number of aliphatic hydroxyl groups excluding tert-OH is 1. The molecule has 1 amide bonds. The fraction of sp³-hybridized carbons (Fsp3) is 0.340. The minimum atomic E-state index is -0.889. The molecule has 2 N–H and O–H groups in total. The van der Waals surface area contributed by atoms with Crippen molar-refractivity contribution >= 4 is 5.91 Å². The predicted octanol–water partition coefficient (Wildman–Crippen LogP) is 4.83. The van der Waals surface area contributed by atoms with Crippen molar-refractivity contribution < 1.29 is 19.4 Å². The maximum Gasteiger partial charge on any atom is 0.297 e. The second-order valence-electron chi connectivity index (χ2n) is 12.6. The number of allylic oxidation sites excluding steroid dienone is 1. The predicted molar refractivity (Wildman–Crippen MR) is 221 cm³/mol. The molecule has 0 aromatic heterocycles. The van der Waals surface area contributed by atoms with Gasteiger partial charge in [-0.1, -0.05) is 57.4 Å². The van der Waals surface area contributed by atoms with Gasteiger partial charge in [0.15, 0.2) is 6.29 Å². The first-order chi connectivity index (χ1) is 26.6. The van der Waals surface area contributed by atoms with Crippen LogP contribution in [0.2, 0.25) is 0 Å². The zero-order valence-corrected chi connectivity index (χ0v) is 31.9. The fourth-order valence-corrected chi connectivity index (χ4v) is 4.93. The number of carbonyl (C=O) groups excluding carboxylic acids is 1. The summed E-state index contributed by atoms with van der Waals surface area (Å²) in [6, 6.07) is -0.758. The summed E-state index contributed by atoms with van der Waals surface area (Å²) in [5.74, 6) is 59.5. The quantitative estimate of drug-likeness (QED) is 0.211. The lowest BCUT2D eigenvalue weighted by molar-refractivity contribution is -0.236. The summed E-state index contributed by atoms with van der Waals surface area (Å²) in [6.07, 6.45) is 8.22. The van der Waals surface area contributed by atoms with E-state index in [4.69, 9.17) is 9.47 Å². The molecule has 0 saturated carbocycles. The van der Waals surface area contributed by atoms with Crippen molar-refractivity contribution in [1.29, 1.82) is 0 Å². The van der Waals surface area contributed by atoms with Crippen LogP contribution in [0.4, 0.5) is 0 Å². The van der Waals surface area contributed by atoms with Gasteiger partial charge in [0, 0.05) is 53.3 Å². The zero-order valence-electron chi connectivity index (χ0n) is 31.9. The summed E-state index contributed by atoms with van der Waals surface area (Å²) in [5, 5.41) is 13.9. The standard InChI is InChI=1S/C50H43NO4/c1-9-14-15-16-17-18-19-20-21-22-23-24-25-26-27-28-29-30-31-32-33-34-35-39-48(53)51-45(46(52)38-36-40-50(6,7)8)41-54-49-44(13-5)42(11-3)43(12-4)47(55-49)37-10-2/h10-13,42-47,49,52H,2-5,36-38,40-41H2,1,6-8H3,(H,51,53)/t42?,43-,44-,45+,46-,47?,49-/m1/s1. The molecule has 1 rings (SSSR count). The van der Waals surface area contributed by atoms with E-state index in [-0.39, 0.29) is 35.9 Å². The number of hydrogen-bond donors (Lipinski definition) is 2. The van der Waals surface area contributed by atoms with Crippen LogP contribution in [0.5, 0.6) is 0 Å². The number of aliphatic hydroxyl groups is 1. The fourth-order valence-electron chi connectivity index (χ4n) is 4.93. The van der Waals surface area contributed by atoms with Crippen LogP contribution in [0.1, 0.15) is 53.4 Å². The van der Waals surface area contributed by atoms with Crippen LogP contribution in [0, 0.1) is 165 Å². The summed E-state index contributed by atoms with van der Waals surface area (Å²) in [7, 11) is 0. The van der Waals surface area contributed by atoms with E-state index >= 15 is 0 Å². The highest BCUT2D eigenvalue weighted by molar-refractivity contribution is 5.94. The van der Waals surface area contributed by atoms with E-state index in [1.165, 1.54) is 0 Å². The van der Waals surface area contributed by atoms with Gasteiger partial charge >= 0.3 is 0 Å². The minimum Gasteiger partial charge on any atom is -0.391 e. The second kappa shape index (κ2) is 28.6. The molecule has 1 aliphatic rings. The van der Waals surface area contributed by atoms with Crippen molar-refractivity contribution in [2.45, 2.75) is 77.9 Å². The largest absolute Gasteiger partial charge is 0.391 e. The number of rotatable bonds is 13. The van der Waals surface area contributed by atoms with E-state index in [1.54, 1.807) is 19.1 Å². The van der Waals surface area contributed by atoms with Gasteiger partial charge < -0.3 is 19.9 Å². The number of carbonyl (C=O) groups is 1. The Morgan fingerprint density at radius 1 is 0.709 bits per heavy atom. The molecule has 1 aliphatic heterocycles. The van der Waals surface area contributed by atoms with Gasteiger partial charge in [0.05, 0.1) is 24.9 Å². The molecule has 0 spiro atoms. The molecule has 0 bridgehead atoms. The molecule has 272 valence electrons. The van der Waals surface area contributed by atoms with Crippen molar-refractivity contribution in [3.8, 4) is 142 Å². The van der Waals surface area contributed by atoms with Gasteiger partial charge in [0.1, 0.15) is 0 Å². The van der Waals surface area contributed by atoms with Gasteiger partial charge in [-0.15, -0.1) is 26.3 Å². The van der Waals surface area contributed by atoms with Crippen molar-refractivity contribution in [3.63, 3.8) is 0 Å². The van der Waals surface area contributed by atoms with Gasteiger partial charge in [-0.2, -0.15) is 0 Å². The Balaban J connectivity index is 2.87. The molecule has 1 heterocycles.